The van der Waals surface area contributed by atoms with Gasteiger partial charge in [0.05, 0.1) is 17.3 Å². The van der Waals surface area contributed by atoms with Crippen LogP contribution in [0.3, 0.4) is 0 Å². The molecule has 0 fully saturated rings. The highest BCUT2D eigenvalue weighted by atomic mass is 35.5. The quantitative estimate of drug-likeness (QED) is 0.650. The normalized spacial score (nSPS) is 10.7. The van der Waals surface area contributed by atoms with Crippen LogP contribution < -0.4 is 4.74 Å². The molecule has 4 nitrogen and oxygen atoms in total. The Kier molecular flexibility index (Phi) is 5.02. The van der Waals surface area contributed by atoms with Gasteiger partial charge < -0.3 is 4.74 Å². The number of carbonyl (C=O) groups is 1. The van der Waals surface area contributed by atoms with Crippen LogP contribution in [0.1, 0.15) is 40.7 Å². The number of nitrogens with zero attached hydrogens (tertiary/aromatic N) is 1. The van der Waals surface area contributed by atoms with Crippen molar-refractivity contribution < 1.29 is 9.53 Å². The highest BCUT2D eigenvalue weighted by Gasteiger charge is 2.08. The van der Waals surface area contributed by atoms with Crippen LogP contribution in [0.15, 0.2) is 18.2 Å². The molecule has 1 heterocycles. The molecule has 1 N–H and O–H groups in total. The summed E-state index contributed by atoms with van der Waals surface area (Å²) in [6.07, 6.45) is 1.76. The molecule has 5 heteroatoms. The number of halogens is 1. The molecule has 1 aromatic heterocycles. The van der Waals surface area contributed by atoms with Crippen molar-refractivity contribution in [2.24, 2.45) is 0 Å². The number of ketones is 1. The van der Waals surface area contributed by atoms with Crippen LogP contribution >= 0.6 is 11.6 Å². The fourth-order valence-corrected chi connectivity index (χ4v) is 2.38. The van der Waals surface area contributed by atoms with E-state index < -0.39 is 0 Å². The fourth-order valence-electron chi connectivity index (χ4n) is 2.21. The highest BCUT2D eigenvalue weighted by Crippen LogP contribution is 2.26. The van der Waals surface area contributed by atoms with E-state index >= 15 is 0 Å². The van der Waals surface area contributed by atoms with E-state index in [0.29, 0.717) is 22.9 Å². The van der Waals surface area contributed by atoms with Crippen molar-refractivity contribution in [2.45, 2.75) is 33.6 Å². The summed E-state index contributed by atoms with van der Waals surface area (Å²) in [7, 11) is 0. The zero-order valence-electron chi connectivity index (χ0n) is 12.5. The summed E-state index contributed by atoms with van der Waals surface area (Å²) in [5.74, 6) is 0.561. The average Bonchev–Trinajstić information content (AvgIpc) is 2.76. The Hall–Kier alpha value is -1.81. The summed E-state index contributed by atoms with van der Waals surface area (Å²) in [4.78, 5) is 11.4. The number of ether oxygens (including phenoxy) is 1. The van der Waals surface area contributed by atoms with Crippen molar-refractivity contribution in [1.29, 1.82) is 0 Å². The van der Waals surface area contributed by atoms with Crippen molar-refractivity contribution in [1.82, 2.24) is 10.2 Å². The number of aryl methyl sites for hydroxylation is 2. The first-order valence-electron chi connectivity index (χ1n) is 6.92. The van der Waals surface area contributed by atoms with E-state index in [2.05, 4.69) is 10.2 Å². The highest BCUT2D eigenvalue weighted by molar-refractivity contribution is 6.32. The number of nitrogens with one attached hydrogen (secondary N) is 1. The van der Waals surface area contributed by atoms with E-state index in [0.717, 1.165) is 24.2 Å². The number of carbonyl (C=O) groups excluding carboxylic acids is 1. The van der Waals surface area contributed by atoms with Crippen molar-refractivity contribution >= 4 is 17.4 Å². The molecule has 112 valence electrons. The number of hydrogen-bond acceptors (Lipinski definition) is 3. The SMILES string of the molecule is CC(=O)c1ccc(Cl)c(OCCCc2c(C)n[nH]c2C)c1. The molecule has 1 aromatic carbocycles. The summed E-state index contributed by atoms with van der Waals surface area (Å²) in [6.45, 7) is 6.08. The van der Waals surface area contributed by atoms with Crippen LogP contribution in [0.4, 0.5) is 0 Å². The first-order chi connectivity index (χ1) is 9.99. The third-order valence-corrected chi connectivity index (χ3v) is 3.76. The number of aromatic amines is 1. The average molecular weight is 307 g/mol. The maximum absolute atomic E-state index is 11.4. The maximum Gasteiger partial charge on any atom is 0.159 e. The van der Waals surface area contributed by atoms with Crippen molar-refractivity contribution in [3.05, 3.63) is 45.7 Å². The number of H-pyrrole nitrogens is 1. The minimum absolute atomic E-state index is 0.00108. The Morgan fingerprint density at radius 2 is 2.14 bits per heavy atom. The fraction of sp³-hybridized carbons (Fsp3) is 0.375. The lowest BCUT2D eigenvalue weighted by molar-refractivity contribution is 0.101. The Bertz CT molecular complexity index is 630. The lowest BCUT2D eigenvalue weighted by Gasteiger charge is -2.09. The first-order valence-corrected chi connectivity index (χ1v) is 7.30. The summed E-state index contributed by atoms with van der Waals surface area (Å²) >= 11 is 6.08. The zero-order chi connectivity index (χ0) is 15.4. The van der Waals surface area contributed by atoms with Crippen molar-refractivity contribution in [3.8, 4) is 5.75 Å². The standard InChI is InChI=1S/C16H19ClN2O2/c1-10-14(11(2)19-18-10)5-4-8-21-16-9-13(12(3)20)6-7-15(16)17/h6-7,9H,4-5,8H2,1-3H3,(H,18,19). The number of hydrogen-bond donors (Lipinski definition) is 1. The third kappa shape index (κ3) is 3.85. The van der Waals surface area contributed by atoms with Gasteiger partial charge in [0.2, 0.25) is 0 Å². The molecular weight excluding hydrogens is 288 g/mol. The molecule has 0 unspecified atom stereocenters. The minimum atomic E-state index is 0.00108. The predicted molar refractivity (Wildman–Crippen MR) is 83.3 cm³/mol. The number of aromatic nitrogens is 2. The molecule has 0 aliphatic carbocycles. The molecule has 2 aromatic rings. The number of benzene rings is 1. The molecule has 21 heavy (non-hydrogen) atoms. The van der Waals surface area contributed by atoms with Crippen LogP contribution in [-0.2, 0) is 6.42 Å². The summed E-state index contributed by atoms with van der Waals surface area (Å²) in [6, 6.07) is 5.09. The van der Waals surface area contributed by atoms with Gasteiger partial charge in [0.25, 0.3) is 0 Å². The molecule has 0 spiro atoms. The van der Waals surface area contributed by atoms with Gasteiger partial charge in [0.15, 0.2) is 5.78 Å². The third-order valence-electron chi connectivity index (χ3n) is 3.45. The Labute approximate surface area is 129 Å². The van der Waals surface area contributed by atoms with E-state index in [1.807, 2.05) is 13.8 Å². The topological polar surface area (TPSA) is 55.0 Å². The van der Waals surface area contributed by atoms with Crippen molar-refractivity contribution in [3.63, 3.8) is 0 Å². The largest absolute Gasteiger partial charge is 0.492 e. The van der Waals surface area contributed by atoms with Crippen LogP contribution in [0.25, 0.3) is 0 Å². The molecular formula is C16H19ClN2O2. The summed E-state index contributed by atoms with van der Waals surface area (Å²) in [5, 5.41) is 7.67. The van der Waals surface area contributed by atoms with Gasteiger partial charge in [-0.25, -0.2) is 0 Å². The maximum atomic E-state index is 11.4. The lowest BCUT2D eigenvalue weighted by atomic mass is 10.1. The molecule has 0 bridgehead atoms. The molecule has 0 aliphatic heterocycles. The second-order valence-corrected chi connectivity index (χ2v) is 5.47. The van der Waals surface area contributed by atoms with E-state index in [1.54, 1.807) is 18.2 Å². The summed E-state index contributed by atoms with van der Waals surface area (Å²) < 4.78 is 5.69. The van der Waals surface area contributed by atoms with Crippen molar-refractivity contribution in [2.75, 3.05) is 6.61 Å². The second kappa shape index (κ2) is 6.76. The molecule has 0 amide bonds. The van der Waals surface area contributed by atoms with E-state index in [9.17, 15) is 4.79 Å². The van der Waals surface area contributed by atoms with Gasteiger partial charge in [0.1, 0.15) is 5.75 Å². The minimum Gasteiger partial charge on any atom is -0.492 e. The van der Waals surface area contributed by atoms with Gasteiger partial charge in [-0.05, 0) is 57.4 Å². The zero-order valence-corrected chi connectivity index (χ0v) is 13.3. The molecule has 0 saturated carbocycles. The Balaban J connectivity index is 1.92. The van der Waals surface area contributed by atoms with Gasteiger partial charge in [-0.2, -0.15) is 5.10 Å². The molecule has 2 rings (SSSR count). The lowest BCUT2D eigenvalue weighted by Crippen LogP contribution is -2.02. The number of Topliss-reactive ketones (excluding diaryl/α,β-unsaturated/α-hetero) is 1. The van der Waals surface area contributed by atoms with E-state index in [4.69, 9.17) is 16.3 Å². The Morgan fingerprint density at radius 1 is 1.38 bits per heavy atom. The predicted octanol–water partition coefficient (Wildman–Crippen LogP) is 3.89. The number of rotatable bonds is 6. The molecule has 0 saturated heterocycles. The smallest absolute Gasteiger partial charge is 0.159 e. The van der Waals surface area contributed by atoms with Gasteiger partial charge in [-0.15, -0.1) is 0 Å². The van der Waals surface area contributed by atoms with Crippen LogP contribution in [-0.4, -0.2) is 22.6 Å². The van der Waals surface area contributed by atoms with Crippen LogP contribution in [0.2, 0.25) is 5.02 Å². The van der Waals surface area contributed by atoms with Crippen LogP contribution in [0, 0.1) is 13.8 Å². The Morgan fingerprint density at radius 3 is 2.76 bits per heavy atom. The van der Waals surface area contributed by atoms with Gasteiger partial charge in [-0.3, -0.25) is 9.89 Å². The van der Waals surface area contributed by atoms with E-state index in [-0.39, 0.29) is 5.78 Å². The molecule has 0 atom stereocenters. The second-order valence-electron chi connectivity index (χ2n) is 5.07. The van der Waals surface area contributed by atoms with E-state index in [1.165, 1.54) is 12.5 Å². The molecule has 0 aliphatic rings. The van der Waals surface area contributed by atoms with Gasteiger partial charge in [0, 0.05) is 11.3 Å². The summed E-state index contributed by atoms with van der Waals surface area (Å²) in [5.41, 5.74) is 3.98. The monoisotopic (exact) mass is 306 g/mol. The van der Waals surface area contributed by atoms with Gasteiger partial charge in [-0.1, -0.05) is 11.6 Å². The first kappa shape index (κ1) is 15.6. The van der Waals surface area contributed by atoms with Crippen LogP contribution in [0.5, 0.6) is 5.75 Å². The van der Waals surface area contributed by atoms with Gasteiger partial charge >= 0.3 is 0 Å². The molecule has 0 radical (unpaired) electrons.